The number of nitrogens with two attached hydrogens (primary N) is 1. The molecule has 19 heavy (non-hydrogen) atoms. The van der Waals surface area contributed by atoms with Crippen LogP contribution in [0, 0.1) is 5.92 Å². The van der Waals surface area contributed by atoms with Gasteiger partial charge in [-0.2, -0.15) is 0 Å². The van der Waals surface area contributed by atoms with Gasteiger partial charge in [0.2, 0.25) is 5.89 Å². The Kier molecular flexibility index (Phi) is 4.58. The maximum Gasteiger partial charge on any atom is 0.273 e. The van der Waals surface area contributed by atoms with Crippen molar-refractivity contribution in [2.75, 3.05) is 0 Å². The van der Waals surface area contributed by atoms with Gasteiger partial charge in [0.05, 0.1) is 6.04 Å². The predicted octanol–water partition coefficient (Wildman–Crippen LogP) is 2.39. The van der Waals surface area contributed by atoms with E-state index in [4.69, 9.17) is 10.2 Å². The molecule has 1 amide bonds. The molecule has 5 nitrogen and oxygen atoms in total. The van der Waals surface area contributed by atoms with E-state index >= 15 is 0 Å². The van der Waals surface area contributed by atoms with Gasteiger partial charge in [-0.1, -0.05) is 26.7 Å². The number of nitrogens with zero attached hydrogens (tertiary/aromatic N) is 1. The fourth-order valence-corrected chi connectivity index (χ4v) is 2.51. The fourth-order valence-electron chi connectivity index (χ4n) is 2.51. The van der Waals surface area contributed by atoms with E-state index < -0.39 is 0 Å². The van der Waals surface area contributed by atoms with Gasteiger partial charge in [0.25, 0.3) is 5.91 Å². The largest absolute Gasteiger partial charge is 0.446 e. The van der Waals surface area contributed by atoms with Gasteiger partial charge in [0, 0.05) is 6.04 Å². The first-order chi connectivity index (χ1) is 9.11. The number of nitrogens with one attached hydrogen (secondary N) is 1. The van der Waals surface area contributed by atoms with Crippen LogP contribution in [0.5, 0.6) is 0 Å². The zero-order valence-corrected chi connectivity index (χ0v) is 11.7. The molecule has 1 fully saturated rings. The summed E-state index contributed by atoms with van der Waals surface area (Å²) in [5.74, 6) is 0.809. The minimum absolute atomic E-state index is 0.156. The number of oxazole rings is 1. The first-order valence-electron chi connectivity index (χ1n) is 7.13. The van der Waals surface area contributed by atoms with E-state index in [9.17, 15) is 4.79 Å². The van der Waals surface area contributed by atoms with Gasteiger partial charge >= 0.3 is 0 Å². The van der Waals surface area contributed by atoms with Gasteiger partial charge in [-0.25, -0.2) is 4.98 Å². The van der Waals surface area contributed by atoms with Crippen molar-refractivity contribution in [2.24, 2.45) is 11.7 Å². The number of carbonyl (C=O) groups excluding carboxylic acids is 1. The molecule has 5 heteroatoms. The lowest BCUT2D eigenvalue weighted by Crippen LogP contribution is -2.41. The molecule has 3 atom stereocenters. The van der Waals surface area contributed by atoms with Gasteiger partial charge in [-0.05, 0) is 25.2 Å². The van der Waals surface area contributed by atoms with Crippen LogP contribution >= 0.6 is 0 Å². The first-order valence-corrected chi connectivity index (χ1v) is 7.13. The summed E-state index contributed by atoms with van der Waals surface area (Å²) in [5.41, 5.74) is 6.16. The van der Waals surface area contributed by atoms with Crippen molar-refractivity contribution < 1.29 is 9.21 Å². The van der Waals surface area contributed by atoms with E-state index in [1.165, 1.54) is 25.5 Å². The topological polar surface area (TPSA) is 81.1 Å². The van der Waals surface area contributed by atoms with Crippen LogP contribution in [0.3, 0.4) is 0 Å². The van der Waals surface area contributed by atoms with Crippen LogP contribution in [0.4, 0.5) is 0 Å². The lowest BCUT2D eigenvalue weighted by molar-refractivity contribution is 0.0905. The van der Waals surface area contributed by atoms with Gasteiger partial charge in [-0.3, -0.25) is 4.79 Å². The zero-order valence-electron chi connectivity index (χ0n) is 11.7. The van der Waals surface area contributed by atoms with E-state index in [-0.39, 0.29) is 18.0 Å². The standard InChI is InChI=1S/C14H23N3O2/c1-3-10(15)14-17-12(8-19-14)13(18)16-11-7-5-4-6-9(11)2/h8-11H,3-7,15H2,1-2H3,(H,16,18). The van der Waals surface area contributed by atoms with Crippen LogP contribution in [0.15, 0.2) is 10.7 Å². The Morgan fingerprint density at radius 2 is 2.32 bits per heavy atom. The average molecular weight is 265 g/mol. The number of amides is 1. The highest BCUT2D eigenvalue weighted by molar-refractivity contribution is 5.92. The molecule has 0 aliphatic heterocycles. The third-order valence-corrected chi connectivity index (χ3v) is 3.94. The number of carbonyl (C=O) groups is 1. The molecule has 1 aromatic heterocycles. The third-order valence-electron chi connectivity index (χ3n) is 3.94. The average Bonchev–Trinajstić information content (AvgIpc) is 2.90. The third kappa shape index (κ3) is 3.35. The first kappa shape index (κ1) is 14.1. The van der Waals surface area contributed by atoms with Crippen LogP contribution in [0.2, 0.25) is 0 Å². The summed E-state index contributed by atoms with van der Waals surface area (Å²) in [4.78, 5) is 16.3. The molecule has 0 saturated heterocycles. The summed E-state index contributed by atoms with van der Waals surface area (Å²) in [6.07, 6.45) is 6.80. The quantitative estimate of drug-likeness (QED) is 0.875. The Balaban J connectivity index is 1.97. The Hall–Kier alpha value is -1.36. The van der Waals surface area contributed by atoms with E-state index in [0.29, 0.717) is 17.5 Å². The monoisotopic (exact) mass is 265 g/mol. The van der Waals surface area contributed by atoms with Crippen molar-refractivity contribution >= 4 is 5.91 Å². The molecular formula is C14H23N3O2. The van der Waals surface area contributed by atoms with Crippen LogP contribution in [0.25, 0.3) is 0 Å². The maximum absolute atomic E-state index is 12.1. The number of hydrogen-bond donors (Lipinski definition) is 2. The molecule has 1 saturated carbocycles. The summed E-state index contributed by atoms with van der Waals surface area (Å²) in [6, 6.07) is 0.0106. The number of aromatic nitrogens is 1. The Labute approximate surface area is 114 Å². The van der Waals surface area contributed by atoms with Crippen LogP contribution in [-0.2, 0) is 0 Å². The number of rotatable bonds is 4. The maximum atomic E-state index is 12.1. The molecule has 0 bridgehead atoms. The molecule has 0 radical (unpaired) electrons. The van der Waals surface area contributed by atoms with Crippen molar-refractivity contribution in [2.45, 2.75) is 58.0 Å². The summed E-state index contributed by atoms with van der Waals surface area (Å²) in [5, 5.41) is 3.05. The fraction of sp³-hybridized carbons (Fsp3) is 0.714. The van der Waals surface area contributed by atoms with E-state index in [2.05, 4.69) is 17.2 Å². The molecule has 1 heterocycles. The second-order valence-corrected chi connectivity index (χ2v) is 5.43. The number of hydrogen-bond acceptors (Lipinski definition) is 4. The van der Waals surface area contributed by atoms with Crippen molar-refractivity contribution in [1.82, 2.24) is 10.3 Å². The van der Waals surface area contributed by atoms with Crippen molar-refractivity contribution in [3.8, 4) is 0 Å². The second-order valence-electron chi connectivity index (χ2n) is 5.43. The van der Waals surface area contributed by atoms with Gasteiger partial charge < -0.3 is 15.5 Å². The van der Waals surface area contributed by atoms with Crippen LogP contribution in [-0.4, -0.2) is 16.9 Å². The Morgan fingerprint density at radius 1 is 1.58 bits per heavy atom. The molecule has 2 rings (SSSR count). The molecule has 3 N–H and O–H groups in total. The highest BCUT2D eigenvalue weighted by Gasteiger charge is 2.24. The summed E-state index contributed by atoms with van der Waals surface area (Å²) >= 11 is 0. The minimum Gasteiger partial charge on any atom is -0.446 e. The summed E-state index contributed by atoms with van der Waals surface area (Å²) in [7, 11) is 0. The lowest BCUT2D eigenvalue weighted by atomic mass is 9.86. The smallest absolute Gasteiger partial charge is 0.273 e. The van der Waals surface area contributed by atoms with E-state index in [1.807, 2.05) is 6.92 Å². The molecule has 3 unspecified atom stereocenters. The van der Waals surface area contributed by atoms with E-state index in [1.54, 1.807) is 0 Å². The second kappa shape index (κ2) is 6.19. The van der Waals surface area contributed by atoms with Crippen molar-refractivity contribution in [3.63, 3.8) is 0 Å². The van der Waals surface area contributed by atoms with E-state index in [0.717, 1.165) is 12.8 Å². The van der Waals surface area contributed by atoms with Crippen LogP contribution in [0.1, 0.15) is 68.4 Å². The highest BCUT2D eigenvalue weighted by Crippen LogP contribution is 2.24. The molecule has 1 aliphatic carbocycles. The Morgan fingerprint density at radius 3 is 3.00 bits per heavy atom. The van der Waals surface area contributed by atoms with Crippen LogP contribution < -0.4 is 11.1 Å². The van der Waals surface area contributed by atoms with Crippen molar-refractivity contribution in [3.05, 3.63) is 17.8 Å². The van der Waals surface area contributed by atoms with Gasteiger partial charge in [0.1, 0.15) is 6.26 Å². The predicted molar refractivity (Wildman–Crippen MR) is 72.6 cm³/mol. The van der Waals surface area contributed by atoms with Gasteiger partial charge in [-0.15, -0.1) is 0 Å². The molecule has 0 aromatic carbocycles. The normalized spacial score (nSPS) is 25.0. The zero-order chi connectivity index (χ0) is 13.8. The summed E-state index contributed by atoms with van der Waals surface area (Å²) < 4.78 is 5.26. The molecule has 1 aromatic rings. The molecule has 106 valence electrons. The van der Waals surface area contributed by atoms with Crippen molar-refractivity contribution in [1.29, 1.82) is 0 Å². The minimum atomic E-state index is -0.241. The molecule has 1 aliphatic rings. The Bertz CT molecular complexity index is 430. The highest BCUT2D eigenvalue weighted by atomic mass is 16.3. The lowest BCUT2D eigenvalue weighted by Gasteiger charge is -2.29. The molecular weight excluding hydrogens is 242 g/mol. The molecule has 0 spiro atoms. The SMILES string of the molecule is CCC(N)c1nc(C(=O)NC2CCCCC2C)co1. The van der Waals surface area contributed by atoms with Gasteiger partial charge in [0.15, 0.2) is 5.69 Å². The summed E-state index contributed by atoms with van der Waals surface area (Å²) in [6.45, 7) is 4.14.